The van der Waals surface area contributed by atoms with Gasteiger partial charge in [-0.05, 0) is 43.0 Å². The van der Waals surface area contributed by atoms with Gasteiger partial charge in [0.05, 0.1) is 16.3 Å². The smallest absolute Gasteiger partial charge is 0.236 e. The first-order valence-electron chi connectivity index (χ1n) is 9.26. The standard InChI is InChI=1S/C21H21N3OS/c25-21(19-12-14-6-1-4-10-18(14)26-19)24-11-5-7-15(13-24)20-22-16-8-2-3-9-17(16)23-20/h1-4,6,8-10,15,19H,5,7,11-13H2,(H,22,23)/t15-,19+/m0/s1. The zero-order chi connectivity index (χ0) is 17.5. The van der Waals surface area contributed by atoms with E-state index in [1.54, 1.807) is 11.8 Å². The molecule has 1 amide bonds. The molecule has 0 bridgehead atoms. The van der Waals surface area contributed by atoms with Crippen LogP contribution < -0.4 is 0 Å². The second-order valence-corrected chi connectivity index (χ2v) is 8.43. The van der Waals surface area contributed by atoms with Crippen molar-refractivity contribution in [1.82, 2.24) is 14.9 Å². The minimum Gasteiger partial charge on any atom is -0.342 e. The van der Waals surface area contributed by atoms with Gasteiger partial charge in [0.2, 0.25) is 5.91 Å². The summed E-state index contributed by atoms with van der Waals surface area (Å²) in [5, 5.41) is 0.0295. The third kappa shape index (κ3) is 2.80. The normalized spacial score (nSPS) is 22.5. The van der Waals surface area contributed by atoms with E-state index < -0.39 is 0 Å². The summed E-state index contributed by atoms with van der Waals surface area (Å²) in [6, 6.07) is 16.5. The molecule has 0 radical (unpaired) electrons. The first-order valence-corrected chi connectivity index (χ1v) is 10.1. The molecule has 26 heavy (non-hydrogen) atoms. The summed E-state index contributed by atoms with van der Waals surface area (Å²) in [4.78, 5) is 24.6. The fraction of sp³-hybridized carbons (Fsp3) is 0.333. The number of para-hydroxylation sites is 2. The Hall–Kier alpha value is -2.27. The van der Waals surface area contributed by atoms with Crippen molar-refractivity contribution in [3.8, 4) is 0 Å². The predicted octanol–water partition coefficient (Wildman–Crippen LogP) is 3.99. The Bertz CT molecular complexity index is 909. The second kappa shape index (κ2) is 6.47. The van der Waals surface area contributed by atoms with E-state index in [0.717, 1.165) is 49.2 Å². The quantitative estimate of drug-likeness (QED) is 0.749. The van der Waals surface area contributed by atoms with Crippen molar-refractivity contribution in [2.75, 3.05) is 13.1 Å². The average Bonchev–Trinajstić information content (AvgIpc) is 3.31. The Morgan fingerprint density at radius 3 is 2.88 bits per heavy atom. The number of amides is 1. The fourth-order valence-corrected chi connectivity index (χ4v) is 5.37. The van der Waals surface area contributed by atoms with E-state index in [2.05, 4.69) is 40.2 Å². The molecular formula is C21H21N3OS. The first kappa shape index (κ1) is 15.9. The van der Waals surface area contributed by atoms with Gasteiger partial charge in [0.25, 0.3) is 0 Å². The summed E-state index contributed by atoms with van der Waals surface area (Å²) >= 11 is 1.72. The Labute approximate surface area is 157 Å². The maximum Gasteiger partial charge on any atom is 0.236 e. The van der Waals surface area contributed by atoms with E-state index in [4.69, 9.17) is 4.98 Å². The number of piperidine rings is 1. The van der Waals surface area contributed by atoms with Crippen LogP contribution >= 0.6 is 11.8 Å². The van der Waals surface area contributed by atoms with E-state index >= 15 is 0 Å². The van der Waals surface area contributed by atoms with Crippen molar-refractivity contribution in [1.29, 1.82) is 0 Å². The van der Waals surface area contributed by atoms with E-state index in [1.807, 2.05) is 18.2 Å². The summed E-state index contributed by atoms with van der Waals surface area (Å²) in [6.45, 7) is 1.63. The van der Waals surface area contributed by atoms with Crippen LogP contribution in [0, 0.1) is 0 Å². The van der Waals surface area contributed by atoms with Gasteiger partial charge in [-0.2, -0.15) is 0 Å². The predicted molar refractivity (Wildman–Crippen MR) is 104 cm³/mol. The molecule has 132 valence electrons. The van der Waals surface area contributed by atoms with E-state index in [-0.39, 0.29) is 11.2 Å². The number of nitrogens with one attached hydrogen (secondary N) is 1. The van der Waals surface area contributed by atoms with Gasteiger partial charge in [-0.15, -0.1) is 11.8 Å². The highest BCUT2D eigenvalue weighted by Gasteiger charge is 2.34. The van der Waals surface area contributed by atoms with E-state index in [9.17, 15) is 4.79 Å². The van der Waals surface area contributed by atoms with Gasteiger partial charge in [0.15, 0.2) is 0 Å². The number of nitrogens with zero attached hydrogens (tertiary/aromatic N) is 2. The molecule has 4 nitrogen and oxygen atoms in total. The molecule has 1 saturated heterocycles. The molecule has 1 fully saturated rings. The van der Waals surface area contributed by atoms with Crippen molar-refractivity contribution in [3.63, 3.8) is 0 Å². The van der Waals surface area contributed by atoms with Crippen LogP contribution in [0.3, 0.4) is 0 Å². The lowest BCUT2D eigenvalue weighted by Gasteiger charge is -2.33. The van der Waals surface area contributed by atoms with Crippen LogP contribution in [0.4, 0.5) is 0 Å². The number of carbonyl (C=O) groups is 1. The van der Waals surface area contributed by atoms with Gasteiger partial charge in [0, 0.05) is 23.9 Å². The second-order valence-electron chi connectivity index (χ2n) is 7.18. The summed E-state index contributed by atoms with van der Waals surface area (Å²) in [6.07, 6.45) is 2.98. The number of rotatable bonds is 2. The SMILES string of the molecule is O=C([C@H]1Cc2ccccc2S1)N1CCC[C@H](c2nc3ccccc3[nH]2)C1. The van der Waals surface area contributed by atoms with Crippen molar-refractivity contribution in [2.24, 2.45) is 0 Å². The number of H-pyrrole nitrogens is 1. The zero-order valence-electron chi connectivity index (χ0n) is 14.5. The third-order valence-corrected chi connectivity index (χ3v) is 6.76. The van der Waals surface area contributed by atoms with Gasteiger partial charge >= 0.3 is 0 Å². The molecule has 2 aromatic carbocycles. The molecule has 5 rings (SSSR count). The number of carbonyl (C=O) groups excluding carboxylic acids is 1. The number of thioether (sulfide) groups is 1. The van der Waals surface area contributed by atoms with Gasteiger partial charge in [0.1, 0.15) is 5.82 Å². The molecule has 1 N–H and O–H groups in total. The van der Waals surface area contributed by atoms with Crippen LogP contribution in [0.25, 0.3) is 11.0 Å². The topological polar surface area (TPSA) is 49.0 Å². The Morgan fingerprint density at radius 2 is 2.00 bits per heavy atom. The Kier molecular flexibility index (Phi) is 3.97. The number of fused-ring (bicyclic) bond motifs is 2. The molecule has 3 heterocycles. The lowest BCUT2D eigenvalue weighted by atomic mass is 9.96. The van der Waals surface area contributed by atoms with Crippen molar-refractivity contribution >= 4 is 28.7 Å². The van der Waals surface area contributed by atoms with Crippen molar-refractivity contribution in [3.05, 3.63) is 59.9 Å². The van der Waals surface area contributed by atoms with Crippen LogP contribution in [0.2, 0.25) is 0 Å². The molecule has 0 saturated carbocycles. The number of benzene rings is 2. The van der Waals surface area contributed by atoms with Gasteiger partial charge in [-0.3, -0.25) is 4.79 Å². The summed E-state index contributed by atoms with van der Waals surface area (Å²) in [7, 11) is 0. The minimum absolute atomic E-state index is 0.0295. The minimum atomic E-state index is 0.0295. The van der Waals surface area contributed by atoms with Crippen LogP contribution in [0.1, 0.15) is 30.1 Å². The van der Waals surface area contributed by atoms with Crippen LogP contribution in [0.15, 0.2) is 53.4 Å². The molecule has 2 atom stereocenters. The number of hydrogen-bond donors (Lipinski definition) is 1. The zero-order valence-corrected chi connectivity index (χ0v) is 15.3. The molecule has 0 unspecified atom stereocenters. The summed E-state index contributed by atoms with van der Waals surface area (Å²) < 4.78 is 0. The largest absolute Gasteiger partial charge is 0.342 e. The Morgan fingerprint density at radius 1 is 1.15 bits per heavy atom. The van der Waals surface area contributed by atoms with Gasteiger partial charge < -0.3 is 9.88 Å². The number of aromatic amines is 1. The lowest BCUT2D eigenvalue weighted by Crippen LogP contribution is -2.43. The highest BCUT2D eigenvalue weighted by molar-refractivity contribution is 8.01. The lowest BCUT2D eigenvalue weighted by molar-refractivity contribution is -0.131. The van der Waals surface area contributed by atoms with E-state index in [0.29, 0.717) is 5.92 Å². The Balaban J connectivity index is 1.32. The van der Waals surface area contributed by atoms with E-state index in [1.165, 1.54) is 10.5 Å². The van der Waals surface area contributed by atoms with Crippen LogP contribution in [0.5, 0.6) is 0 Å². The van der Waals surface area contributed by atoms with Crippen molar-refractivity contribution < 1.29 is 4.79 Å². The molecular weight excluding hydrogens is 342 g/mol. The number of aromatic nitrogens is 2. The highest BCUT2D eigenvalue weighted by Crippen LogP contribution is 2.38. The third-order valence-electron chi connectivity index (χ3n) is 5.45. The molecule has 5 heteroatoms. The maximum atomic E-state index is 13.1. The molecule has 3 aromatic rings. The van der Waals surface area contributed by atoms with Gasteiger partial charge in [-0.1, -0.05) is 30.3 Å². The number of hydrogen-bond acceptors (Lipinski definition) is 3. The maximum absolute atomic E-state index is 13.1. The molecule has 2 aliphatic rings. The monoisotopic (exact) mass is 363 g/mol. The number of likely N-dealkylation sites (tertiary alicyclic amines) is 1. The van der Waals surface area contributed by atoms with Gasteiger partial charge in [-0.25, -0.2) is 4.98 Å². The average molecular weight is 363 g/mol. The molecule has 2 aliphatic heterocycles. The van der Waals surface area contributed by atoms with Crippen LogP contribution in [-0.2, 0) is 11.2 Å². The number of imidazole rings is 1. The highest BCUT2D eigenvalue weighted by atomic mass is 32.2. The molecule has 0 aliphatic carbocycles. The van der Waals surface area contributed by atoms with Crippen LogP contribution in [-0.4, -0.2) is 39.1 Å². The summed E-state index contributed by atoms with van der Waals surface area (Å²) in [5.41, 5.74) is 3.39. The van der Waals surface area contributed by atoms with Crippen molar-refractivity contribution in [2.45, 2.75) is 35.3 Å². The molecule has 0 spiro atoms. The first-order chi connectivity index (χ1) is 12.8. The summed E-state index contributed by atoms with van der Waals surface area (Å²) in [5.74, 6) is 1.60. The fourth-order valence-electron chi connectivity index (χ4n) is 4.09. The molecule has 1 aromatic heterocycles.